The van der Waals surface area contributed by atoms with Gasteiger partial charge in [-0.25, -0.2) is 9.37 Å². The maximum Gasteiger partial charge on any atom is 0.257 e. The first kappa shape index (κ1) is 21.1. The second-order valence-corrected chi connectivity index (χ2v) is 7.21. The number of anilines is 3. The van der Waals surface area contributed by atoms with Crippen molar-refractivity contribution < 1.29 is 18.8 Å². The highest BCUT2D eigenvalue weighted by atomic mass is 32.1. The van der Waals surface area contributed by atoms with E-state index in [0.29, 0.717) is 34.2 Å². The standard InChI is InChI=1S/C21H19FN4O3S/c1-3-19(28)24-14-6-4-5-13(9-14)20(29)26-21-25-18(11-30-21)16-8-7-15(10-17(16)22)23-12(2)27/h4-11H,3H2,1-2H3,(H,23,27)(H,24,28)(H,25,26,29). The van der Waals surface area contributed by atoms with Gasteiger partial charge in [-0.2, -0.15) is 0 Å². The van der Waals surface area contributed by atoms with Crippen LogP contribution in [0.15, 0.2) is 47.8 Å². The lowest BCUT2D eigenvalue weighted by Gasteiger charge is -2.06. The molecule has 3 N–H and O–H groups in total. The molecule has 0 saturated carbocycles. The van der Waals surface area contributed by atoms with E-state index in [0.717, 1.165) is 11.3 Å². The molecular formula is C21H19FN4O3S. The predicted molar refractivity (Wildman–Crippen MR) is 115 cm³/mol. The molecule has 2 aromatic carbocycles. The molecule has 1 aromatic heterocycles. The van der Waals surface area contributed by atoms with Crippen LogP contribution in [0, 0.1) is 5.82 Å². The van der Waals surface area contributed by atoms with E-state index in [1.165, 1.54) is 19.1 Å². The van der Waals surface area contributed by atoms with Gasteiger partial charge in [-0.05, 0) is 36.4 Å². The zero-order valence-electron chi connectivity index (χ0n) is 16.3. The summed E-state index contributed by atoms with van der Waals surface area (Å²) in [7, 11) is 0. The number of amides is 3. The van der Waals surface area contributed by atoms with Crippen molar-refractivity contribution in [3.8, 4) is 11.3 Å². The molecule has 0 aliphatic heterocycles. The first-order valence-corrected chi connectivity index (χ1v) is 9.98. The molecule has 0 saturated heterocycles. The fourth-order valence-corrected chi connectivity index (χ4v) is 3.32. The number of nitrogens with one attached hydrogen (secondary N) is 3. The van der Waals surface area contributed by atoms with Crippen LogP contribution < -0.4 is 16.0 Å². The van der Waals surface area contributed by atoms with Gasteiger partial charge in [0.05, 0.1) is 5.69 Å². The molecule has 30 heavy (non-hydrogen) atoms. The Kier molecular flexibility index (Phi) is 6.53. The molecule has 0 unspecified atom stereocenters. The van der Waals surface area contributed by atoms with E-state index in [2.05, 4.69) is 20.9 Å². The molecule has 154 valence electrons. The average Bonchev–Trinajstić information content (AvgIpc) is 3.15. The molecule has 0 atom stereocenters. The monoisotopic (exact) mass is 426 g/mol. The van der Waals surface area contributed by atoms with Crippen LogP contribution in [-0.2, 0) is 9.59 Å². The van der Waals surface area contributed by atoms with Crippen molar-refractivity contribution in [2.75, 3.05) is 16.0 Å². The Balaban J connectivity index is 1.73. The van der Waals surface area contributed by atoms with E-state index in [1.807, 2.05) is 0 Å². The zero-order chi connectivity index (χ0) is 21.7. The van der Waals surface area contributed by atoms with Gasteiger partial charge in [0.25, 0.3) is 5.91 Å². The Labute approximate surface area is 176 Å². The van der Waals surface area contributed by atoms with Gasteiger partial charge in [-0.1, -0.05) is 13.0 Å². The van der Waals surface area contributed by atoms with E-state index in [1.54, 1.807) is 42.6 Å². The maximum absolute atomic E-state index is 14.4. The second-order valence-electron chi connectivity index (χ2n) is 6.35. The molecule has 0 fully saturated rings. The van der Waals surface area contributed by atoms with E-state index < -0.39 is 11.7 Å². The quantitative estimate of drug-likeness (QED) is 0.540. The molecule has 7 nitrogen and oxygen atoms in total. The third-order valence-electron chi connectivity index (χ3n) is 4.02. The molecule has 0 spiro atoms. The van der Waals surface area contributed by atoms with Crippen LogP contribution in [0.3, 0.4) is 0 Å². The minimum absolute atomic E-state index is 0.149. The Bertz CT molecular complexity index is 1110. The number of hydrogen-bond donors (Lipinski definition) is 3. The van der Waals surface area contributed by atoms with E-state index >= 15 is 0 Å². The van der Waals surface area contributed by atoms with Crippen molar-refractivity contribution in [2.24, 2.45) is 0 Å². The number of halogens is 1. The minimum atomic E-state index is -0.538. The van der Waals surface area contributed by atoms with Gasteiger partial charge in [0.1, 0.15) is 5.82 Å². The molecule has 1 heterocycles. The summed E-state index contributed by atoms with van der Waals surface area (Å²) in [6.07, 6.45) is 0.334. The number of hydrogen-bond acceptors (Lipinski definition) is 5. The van der Waals surface area contributed by atoms with Gasteiger partial charge in [0.15, 0.2) is 5.13 Å². The molecule has 0 bridgehead atoms. The third kappa shape index (κ3) is 5.26. The fraction of sp³-hybridized carbons (Fsp3) is 0.143. The molecule has 3 rings (SSSR count). The Hall–Kier alpha value is -3.59. The van der Waals surface area contributed by atoms with Crippen molar-refractivity contribution in [1.29, 1.82) is 0 Å². The summed E-state index contributed by atoms with van der Waals surface area (Å²) in [6.45, 7) is 3.08. The number of thiazole rings is 1. The lowest BCUT2D eigenvalue weighted by molar-refractivity contribution is -0.116. The summed E-state index contributed by atoms with van der Waals surface area (Å²) in [5.74, 6) is -1.38. The number of aromatic nitrogens is 1. The Morgan fingerprint density at radius 2 is 1.80 bits per heavy atom. The van der Waals surface area contributed by atoms with Crippen LogP contribution in [0.1, 0.15) is 30.6 Å². The number of nitrogens with zero attached hydrogens (tertiary/aromatic N) is 1. The minimum Gasteiger partial charge on any atom is -0.326 e. The molecule has 3 amide bonds. The highest BCUT2D eigenvalue weighted by Crippen LogP contribution is 2.29. The Morgan fingerprint density at radius 1 is 1.03 bits per heavy atom. The highest BCUT2D eigenvalue weighted by Gasteiger charge is 2.14. The summed E-state index contributed by atoms with van der Waals surface area (Å²) >= 11 is 1.16. The first-order chi connectivity index (χ1) is 14.4. The van der Waals surface area contributed by atoms with Gasteiger partial charge >= 0.3 is 0 Å². The average molecular weight is 426 g/mol. The Morgan fingerprint density at radius 3 is 2.50 bits per heavy atom. The van der Waals surface area contributed by atoms with Crippen LogP contribution in [0.4, 0.5) is 20.9 Å². The molecule has 0 radical (unpaired) electrons. The summed E-state index contributed by atoms with van der Waals surface area (Å²) < 4.78 is 14.4. The van der Waals surface area contributed by atoms with Crippen molar-refractivity contribution >= 4 is 45.6 Å². The molecular weight excluding hydrogens is 407 g/mol. The van der Waals surface area contributed by atoms with Gasteiger partial charge < -0.3 is 10.6 Å². The molecule has 9 heteroatoms. The normalized spacial score (nSPS) is 10.4. The van der Waals surface area contributed by atoms with E-state index in [4.69, 9.17) is 0 Å². The largest absolute Gasteiger partial charge is 0.326 e. The SMILES string of the molecule is CCC(=O)Nc1cccc(C(=O)Nc2nc(-c3ccc(NC(C)=O)cc3F)cs2)c1. The number of rotatable bonds is 6. The van der Waals surface area contributed by atoms with Crippen LogP contribution in [0.25, 0.3) is 11.3 Å². The lowest BCUT2D eigenvalue weighted by atomic mass is 10.1. The fourth-order valence-electron chi connectivity index (χ4n) is 2.62. The van der Waals surface area contributed by atoms with Gasteiger partial charge in [-0.3, -0.25) is 19.7 Å². The van der Waals surface area contributed by atoms with Gasteiger partial charge in [-0.15, -0.1) is 11.3 Å². The van der Waals surface area contributed by atoms with E-state index in [9.17, 15) is 18.8 Å². The van der Waals surface area contributed by atoms with Crippen LogP contribution in [0.2, 0.25) is 0 Å². The first-order valence-electron chi connectivity index (χ1n) is 9.10. The van der Waals surface area contributed by atoms with Crippen LogP contribution >= 0.6 is 11.3 Å². The zero-order valence-corrected chi connectivity index (χ0v) is 17.1. The van der Waals surface area contributed by atoms with Gasteiger partial charge in [0.2, 0.25) is 11.8 Å². The summed E-state index contributed by atoms with van der Waals surface area (Å²) in [5, 5.41) is 9.83. The number of carbonyl (C=O) groups excluding carboxylic acids is 3. The smallest absolute Gasteiger partial charge is 0.257 e. The van der Waals surface area contributed by atoms with Crippen LogP contribution in [0.5, 0.6) is 0 Å². The molecule has 0 aliphatic carbocycles. The molecule has 0 aliphatic rings. The molecule has 3 aromatic rings. The topological polar surface area (TPSA) is 100 Å². The van der Waals surface area contributed by atoms with Crippen LogP contribution in [-0.4, -0.2) is 22.7 Å². The van der Waals surface area contributed by atoms with Crippen molar-refractivity contribution in [2.45, 2.75) is 20.3 Å². The van der Waals surface area contributed by atoms with Crippen molar-refractivity contribution in [3.63, 3.8) is 0 Å². The predicted octanol–water partition coefficient (Wildman–Crippen LogP) is 4.51. The number of carbonyl (C=O) groups is 3. The van der Waals surface area contributed by atoms with E-state index in [-0.39, 0.29) is 17.4 Å². The number of benzene rings is 2. The lowest BCUT2D eigenvalue weighted by Crippen LogP contribution is -2.13. The summed E-state index contributed by atoms with van der Waals surface area (Å²) in [5.41, 5.74) is 1.85. The third-order valence-corrected chi connectivity index (χ3v) is 4.78. The maximum atomic E-state index is 14.4. The summed E-state index contributed by atoms with van der Waals surface area (Å²) in [6, 6.07) is 10.8. The van der Waals surface area contributed by atoms with Crippen molar-refractivity contribution in [1.82, 2.24) is 4.98 Å². The second kappa shape index (κ2) is 9.27. The highest BCUT2D eigenvalue weighted by molar-refractivity contribution is 7.14. The summed E-state index contributed by atoms with van der Waals surface area (Å²) in [4.78, 5) is 39.4. The van der Waals surface area contributed by atoms with Gasteiger partial charge in [0, 0.05) is 41.2 Å². The van der Waals surface area contributed by atoms with Crippen molar-refractivity contribution in [3.05, 3.63) is 59.2 Å².